The Kier molecular flexibility index (Phi) is 6.36. The SMILES string of the molecule is CCC1CCCOCCOCCOC1=O. The number of hydrogen-bond acceptors (Lipinski definition) is 4. The lowest BCUT2D eigenvalue weighted by atomic mass is 10.0. The highest BCUT2D eigenvalue weighted by atomic mass is 16.6. The molecule has 1 atom stereocenters. The Morgan fingerprint density at radius 1 is 1.13 bits per heavy atom. The zero-order chi connectivity index (χ0) is 10.9. The third-order valence-electron chi connectivity index (χ3n) is 2.51. The summed E-state index contributed by atoms with van der Waals surface area (Å²) in [6, 6.07) is 0. The molecule has 0 amide bonds. The molecular formula is C11H20O4. The molecule has 0 saturated carbocycles. The minimum atomic E-state index is -0.0957. The van der Waals surface area contributed by atoms with Crippen molar-refractivity contribution >= 4 is 5.97 Å². The van der Waals surface area contributed by atoms with Gasteiger partial charge < -0.3 is 14.2 Å². The van der Waals surface area contributed by atoms with Gasteiger partial charge in [-0.2, -0.15) is 0 Å². The van der Waals surface area contributed by atoms with Gasteiger partial charge in [-0.15, -0.1) is 0 Å². The molecule has 1 aliphatic heterocycles. The van der Waals surface area contributed by atoms with Crippen LogP contribution in [0.25, 0.3) is 0 Å². The molecule has 1 fully saturated rings. The molecule has 0 aromatic carbocycles. The van der Waals surface area contributed by atoms with Crippen LogP contribution in [0.4, 0.5) is 0 Å². The van der Waals surface area contributed by atoms with Crippen LogP contribution in [0.3, 0.4) is 0 Å². The van der Waals surface area contributed by atoms with Crippen LogP contribution < -0.4 is 0 Å². The normalized spacial score (nSPS) is 26.2. The Hall–Kier alpha value is -0.610. The van der Waals surface area contributed by atoms with Gasteiger partial charge in [-0.3, -0.25) is 4.79 Å². The molecule has 0 radical (unpaired) electrons. The first-order chi connectivity index (χ1) is 7.34. The van der Waals surface area contributed by atoms with Crippen molar-refractivity contribution in [1.82, 2.24) is 0 Å². The highest BCUT2D eigenvalue weighted by molar-refractivity contribution is 5.72. The van der Waals surface area contributed by atoms with Gasteiger partial charge in [0, 0.05) is 6.61 Å². The Morgan fingerprint density at radius 2 is 1.80 bits per heavy atom. The van der Waals surface area contributed by atoms with Crippen LogP contribution in [-0.2, 0) is 19.0 Å². The van der Waals surface area contributed by atoms with Gasteiger partial charge in [-0.25, -0.2) is 0 Å². The van der Waals surface area contributed by atoms with Gasteiger partial charge in [-0.1, -0.05) is 6.92 Å². The fourth-order valence-electron chi connectivity index (χ4n) is 1.56. The predicted molar refractivity (Wildman–Crippen MR) is 55.6 cm³/mol. The first-order valence-corrected chi connectivity index (χ1v) is 5.66. The van der Waals surface area contributed by atoms with Gasteiger partial charge in [0.25, 0.3) is 0 Å². The molecule has 4 heteroatoms. The second kappa shape index (κ2) is 7.65. The van der Waals surface area contributed by atoms with Crippen molar-refractivity contribution in [3.05, 3.63) is 0 Å². The smallest absolute Gasteiger partial charge is 0.309 e. The number of rotatable bonds is 1. The molecule has 0 aliphatic carbocycles. The van der Waals surface area contributed by atoms with Crippen LogP contribution in [0.5, 0.6) is 0 Å². The molecule has 0 aromatic rings. The van der Waals surface area contributed by atoms with Gasteiger partial charge in [0.05, 0.1) is 25.7 Å². The quantitative estimate of drug-likeness (QED) is 0.621. The third-order valence-corrected chi connectivity index (χ3v) is 2.51. The van der Waals surface area contributed by atoms with Crippen LogP contribution in [0.2, 0.25) is 0 Å². The maximum absolute atomic E-state index is 11.5. The fourth-order valence-corrected chi connectivity index (χ4v) is 1.56. The Morgan fingerprint density at radius 3 is 2.53 bits per heavy atom. The minimum Gasteiger partial charge on any atom is -0.463 e. The molecule has 1 unspecified atom stereocenters. The van der Waals surface area contributed by atoms with Crippen LogP contribution >= 0.6 is 0 Å². The maximum atomic E-state index is 11.5. The first kappa shape index (κ1) is 12.5. The van der Waals surface area contributed by atoms with E-state index in [-0.39, 0.29) is 11.9 Å². The van der Waals surface area contributed by atoms with Crippen molar-refractivity contribution in [2.75, 3.05) is 33.0 Å². The molecule has 4 nitrogen and oxygen atoms in total. The Labute approximate surface area is 90.9 Å². The van der Waals surface area contributed by atoms with Crippen LogP contribution in [0, 0.1) is 5.92 Å². The van der Waals surface area contributed by atoms with Crippen LogP contribution in [0.15, 0.2) is 0 Å². The summed E-state index contributed by atoms with van der Waals surface area (Å²) in [4.78, 5) is 11.5. The van der Waals surface area contributed by atoms with E-state index in [4.69, 9.17) is 14.2 Å². The van der Waals surface area contributed by atoms with Gasteiger partial charge in [0.2, 0.25) is 0 Å². The van der Waals surface area contributed by atoms with Crippen molar-refractivity contribution in [2.45, 2.75) is 26.2 Å². The van der Waals surface area contributed by atoms with Crippen molar-refractivity contribution in [1.29, 1.82) is 0 Å². The Balaban J connectivity index is 2.34. The summed E-state index contributed by atoms with van der Waals surface area (Å²) in [5, 5.41) is 0. The Bertz CT molecular complexity index is 181. The molecular weight excluding hydrogens is 196 g/mol. The monoisotopic (exact) mass is 216 g/mol. The molecule has 1 rings (SSSR count). The lowest BCUT2D eigenvalue weighted by Crippen LogP contribution is -2.21. The summed E-state index contributed by atoms with van der Waals surface area (Å²) >= 11 is 0. The topological polar surface area (TPSA) is 44.8 Å². The van der Waals surface area contributed by atoms with Crippen molar-refractivity contribution in [2.24, 2.45) is 5.92 Å². The molecule has 1 heterocycles. The predicted octanol–water partition coefficient (Wildman–Crippen LogP) is 1.38. The summed E-state index contributed by atoms with van der Waals surface area (Å²) in [6.45, 7) is 4.74. The summed E-state index contributed by atoms with van der Waals surface area (Å²) in [5.74, 6) is -0.0744. The van der Waals surface area contributed by atoms with E-state index in [2.05, 4.69) is 0 Å². The van der Waals surface area contributed by atoms with E-state index < -0.39 is 0 Å². The average Bonchev–Trinajstić information content (AvgIpc) is 2.23. The van der Waals surface area contributed by atoms with Crippen molar-refractivity contribution in [3.63, 3.8) is 0 Å². The molecule has 15 heavy (non-hydrogen) atoms. The van der Waals surface area contributed by atoms with E-state index in [0.29, 0.717) is 33.0 Å². The number of ether oxygens (including phenoxy) is 3. The molecule has 0 aromatic heterocycles. The number of carbonyl (C=O) groups is 1. The van der Waals surface area contributed by atoms with E-state index in [9.17, 15) is 4.79 Å². The van der Waals surface area contributed by atoms with Gasteiger partial charge in [0.15, 0.2) is 0 Å². The minimum absolute atomic E-state index is 0.0213. The summed E-state index contributed by atoms with van der Waals surface area (Å²) < 4.78 is 15.7. The largest absolute Gasteiger partial charge is 0.463 e. The lowest BCUT2D eigenvalue weighted by molar-refractivity contribution is -0.151. The number of carbonyl (C=O) groups excluding carboxylic acids is 1. The maximum Gasteiger partial charge on any atom is 0.309 e. The van der Waals surface area contributed by atoms with Gasteiger partial charge in [-0.05, 0) is 19.3 Å². The standard InChI is InChI=1S/C11H20O4/c1-2-10-4-3-5-13-6-7-14-8-9-15-11(10)12/h10H,2-9H2,1H3. The molecule has 0 bridgehead atoms. The second-order valence-corrected chi connectivity index (χ2v) is 3.64. The molecule has 1 aliphatic rings. The molecule has 0 spiro atoms. The lowest BCUT2D eigenvalue weighted by Gasteiger charge is -2.15. The average molecular weight is 216 g/mol. The number of esters is 1. The van der Waals surface area contributed by atoms with Crippen molar-refractivity contribution < 1.29 is 19.0 Å². The summed E-state index contributed by atoms with van der Waals surface area (Å²) in [7, 11) is 0. The highest BCUT2D eigenvalue weighted by Crippen LogP contribution is 2.13. The van der Waals surface area contributed by atoms with Crippen molar-refractivity contribution in [3.8, 4) is 0 Å². The summed E-state index contributed by atoms with van der Waals surface area (Å²) in [5.41, 5.74) is 0. The van der Waals surface area contributed by atoms with E-state index in [1.807, 2.05) is 6.92 Å². The van der Waals surface area contributed by atoms with E-state index >= 15 is 0 Å². The van der Waals surface area contributed by atoms with Gasteiger partial charge in [0.1, 0.15) is 6.61 Å². The molecule has 0 N–H and O–H groups in total. The molecule has 1 saturated heterocycles. The number of hydrogen-bond donors (Lipinski definition) is 0. The zero-order valence-electron chi connectivity index (χ0n) is 9.37. The molecule has 88 valence electrons. The number of cyclic esters (lactones) is 1. The van der Waals surface area contributed by atoms with Gasteiger partial charge >= 0.3 is 5.97 Å². The van der Waals surface area contributed by atoms with Crippen LogP contribution in [0.1, 0.15) is 26.2 Å². The first-order valence-electron chi connectivity index (χ1n) is 5.66. The second-order valence-electron chi connectivity index (χ2n) is 3.64. The van der Waals surface area contributed by atoms with E-state index in [0.717, 1.165) is 19.3 Å². The van der Waals surface area contributed by atoms with E-state index in [1.165, 1.54) is 0 Å². The highest BCUT2D eigenvalue weighted by Gasteiger charge is 2.17. The van der Waals surface area contributed by atoms with E-state index in [1.54, 1.807) is 0 Å². The zero-order valence-corrected chi connectivity index (χ0v) is 9.37. The summed E-state index contributed by atoms with van der Waals surface area (Å²) in [6.07, 6.45) is 2.60. The third kappa shape index (κ3) is 5.14. The van der Waals surface area contributed by atoms with Crippen LogP contribution in [-0.4, -0.2) is 39.0 Å². The fraction of sp³-hybridized carbons (Fsp3) is 0.909.